The quantitative estimate of drug-likeness (QED) is 0.427. The number of aromatic nitrogens is 3. The number of anilines is 1. The highest BCUT2D eigenvalue weighted by atomic mass is 32.2. The molecule has 1 amide bonds. The maximum Gasteiger partial charge on any atom is 0.256 e. The number of nitrogens with one attached hydrogen (secondary N) is 2. The molecule has 176 valence electrons. The molecule has 0 saturated heterocycles. The number of carbonyl (C=O) groups excluding carboxylic acids is 1. The summed E-state index contributed by atoms with van der Waals surface area (Å²) in [6, 6.07) is 14.5. The van der Waals surface area contributed by atoms with E-state index in [1.807, 2.05) is 45.0 Å². The van der Waals surface area contributed by atoms with Crippen LogP contribution >= 0.6 is 0 Å². The zero-order valence-electron chi connectivity index (χ0n) is 19.7. The first-order valence-electron chi connectivity index (χ1n) is 10.9. The summed E-state index contributed by atoms with van der Waals surface area (Å²) in [7, 11) is -2.31. The van der Waals surface area contributed by atoms with Crippen LogP contribution in [0.4, 0.5) is 5.69 Å². The molecule has 0 radical (unpaired) electrons. The predicted octanol–water partition coefficient (Wildman–Crippen LogP) is 4.46. The van der Waals surface area contributed by atoms with Crippen LogP contribution in [-0.4, -0.2) is 36.1 Å². The van der Waals surface area contributed by atoms with E-state index in [4.69, 9.17) is 4.98 Å². The number of hydrogen-bond donors (Lipinski definition) is 2. The smallest absolute Gasteiger partial charge is 0.256 e. The molecule has 2 heterocycles. The van der Waals surface area contributed by atoms with Gasteiger partial charge in [-0.25, -0.2) is 22.8 Å². The van der Waals surface area contributed by atoms with E-state index in [1.165, 1.54) is 13.1 Å². The van der Waals surface area contributed by atoms with Crippen LogP contribution in [0.15, 0.2) is 59.6 Å². The normalized spacial score (nSPS) is 11.8. The first kappa shape index (κ1) is 23.6. The summed E-state index contributed by atoms with van der Waals surface area (Å²) in [6.07, 6.45) is 1.64. The van der Waals surface area contributed by atoms with Gasteiger partial charge in [0.05, 0.1) is 27.7 Å². The lowest BCUT2D eigenvalue weighted by molar-refractivity contribution is 0.102. The fourth-order valence-electron chi connectivity index (χ4n) is 3.86. The third-order valence-electron chi connectivity index (χ3n) is 5.73. The zero-order chi connectivity index (χ0) is 24.6. The van der Waals surface area contributed by atoms with E-state index in [2.05, 4.69) is 15.1 Å². The monoisotopic (exact) mass is 477 g/mol. The lowest BCUT2D eigenvalue weighted by Crippen LogP contribution is -2.20. The zero-order valence-corrected chi connectivity index (χ0v) is 20.6. The topological polar surface area (TPSA) is 106 Å². The highest BCUT2D eigenvalue weighted by Gasteiger charge is 2.21. The van der Waals surface area contributed by atoms with Gasteiger partial charge in [-0.1, -0.05) is 30.3 Å². The number of sulfonamides is 1. The van der Waals surface area contributed by atoms with Gasteiger partial charge in [-0.05, 0) is 64.1 Å². The van der Waals surface area contributed by atoms with E-state index in [9.17, 15) is 13.2 Å². The summed E-state index contributed by atoms with van der Waals surface area (Å²) in [6.45, 7) is 7.71. The molecule has 4 aromatic rings. The van der Waals surface area contributed by atoms with Crippen LogP contribution < -0.4 is 10.0 Å². The molecule has 0 aliphatic rings. The van der Waals surface area contributed by atoms with Gasteiger partial charge in [0.1, 0.15) is 0 Å². The van der Waals surface area contributed by atoms with Crippen LogP contribution in [0.3, 0.4) is 0 Å². The van der Waals surface area contributed by atoms with Crippen molar-refractivity contribution in [3.8, 4) is 11.3 Å². The second-order valence-corrected chi connectivity index (χ2v) is 10.3. The molecule has 34 heavy (non-hydrogen) atoms. The van der Waals surface area contributed by atoms with Gasteiger partial charge in [0, 0.05) is 17.3 Å². The predicted molar refractivity (Wildman–Crippen MR) is 133 cm³/mol. The average molecular weight is 478 g/mol. The van der Waals surface area contributed by atoms with Crippen LogP contribution in [0.1, 0.15) is 41.4 Å². The Kier molecular flexibility index (Phi) is 6.24. The van der Waals surface area contributed by atoms with E-state index in [0.717, 1.165) is 11.1 Å². The minimum Gasteiger partial charge on any atom is -0.322 e. The number of pyridine rings is 1. The minimum atomic E-state index is -3.66. The van der Waals surface area contributed by atoms with Crippen molar-refractivity contribution in [2.45, 2.75) is 38.6 Å². The van der Waals surface area contributed by atoms with Crippen molar-refractivity contribution in [3.63, 3.8) is 0 Å². The van der Waals surface area contributed by atoms with E-state index < -0.39 is 10.0 Å². The van der Waals surface area contributed by atoms with Crippen molar-refractivity contribution in [2.75, 3.05) is 12.4 Å². The van der Waals surface area contributed by atoms with Gasteiger partial charge in [-0.15, -0.1) is 0 Å². The van der Waals surface area contributed by atoms with Gasteiger partial charge >= 0.3 is 0 Å². The maximum atomic E-state index is 13.5. The first-order valence-corrected chi connectivity index (χ1v) is 12.4. The number of aryl methyl sites for hydroxylation is 2. The summed E-state index contributed by atoms with van der Waals surface area (Å²) in [5.74, 6) is -0.373. The fraction of sp³-hybridized carbons (Fsp3) is 0.240. The van der Waals surface area contributed by atoms with Gasteiger partial charge in [-0.3, -0.25) is 4.79 Å². The Balaban J connectivity index is 1.83. The number of amides is 1. The van der Waals surface area contributed by atoms with Crippen LogP contribution in [0, 0.1) is 13.8 Å². The SMILES string of the molecule is CNS(=O)(=O)c1cc(NC(=O)c2cc(-c3ccccc3C)nc3c2cnn3C(C)C)ccc1C. The first-order chi connectivity index (χ1) is 16.1. The van der Waals surface area contributed by atoms with Crippen molar-refractivity contribution < 1.29 is 13.2 Å². The molecule has 8 nitrogen and oxygen atoms in total. The van der Waals surface area contributed by atoms with Crippen molar-refractivity contribution in [2.24, 2.45) is 0 Å². The molecule has 2 aromatic heterocycles. The fourth-order valence-corrected chi connectivity index (χ4v) is 4.85. The molecule has 2 aromatic carbocycles. The minimum absolute atomic E-state index is 0.0550. The number of benzene rings is 2. The molecular weight excluding hydrogens is 450 g/mol. The van der Waals surface area contributed by atoms with Crippen molar-refractivity contribution >= 4 is 32.7 Å². The maximum absolute atomic E-state index is 13.5. The third-order valence-corrected chi connectivity index (χ3v) is 7.28. The summed E-state index contributed by atoms with van der Waals surface area (Å²) >= 11 is 0. The van der Waals surface area contributed by atoms with E-state index in [1.54, 1.807) is 36.0 Å². The van der Waals surface area contributed by atoms with Crippen molar-refractivity contribution in [1.29, 1.82) is 0 Å². The molecule has 0 atom stereocenters. The Labute approximate surface area is 199 Å². The van der Waals surface area contributed by atoms with Crippen molar-refractivity contribution in [3.05, 3.63) is 71.4 Å². The highest BCUT2D eigenvalue weighted by molar-refractivity contribution is 7.89. The van der Waals surface area contributed by atoms with E-state index in [-0.39, 0.29) is 16.8 Å². The van der Waals surface area contributed by atoms with Crippen LogP contribution in [0.25, 0.3) is 22.3 Å². The lowest BCUT2D eigenvalue weighted by Gasteiger charge is -2.13. The number of hydrogen-bond acceptors (Lipinski definition) is 5. The van der Waals surface area contributed by atoms with Crippen LogP contribution in [-0.2, 0) is 10.0 Å². The van der Waals surface area contributed by atoms with Gasteiger partial charge in [-0.2, -0.15) is 5.10 Å². The number of nitrogens with zero attached hydrogens (tertiary/aromatic N) is 3. The van der Waals surface area contributed by atoms with Crippen LogP contribution in [0.2, 0.25) is 0 Å². The number of rotatable bonds is 6. The summed E-state index contributed by atoms with van der Waals surface area (Å²) < 4.78 is 28.8. The molecule has 2 N–H and O–H groups in total. The molecule has 0 bridgehead atoms. The van der Waals surface area contributed by atoms with Gasteiger partial charge in [0.2, 0.25) is 10.0 Å². The Morgan fingerprint density at radius 1 is 1.03 bits per heavy atom. The standard InChI is InChI=1S/C25H27N5O3S/c1-15(2)30-24-21(14-27-30)20(13-22(29-24)19-9-7-6-8-16(19)3)25(31)28-18-11-10-17(4)23(12-18)34(32,33)26-5/h6-15,26H,1-5H3,(H,28,31). The molecule has 0 spiro atoms. The molecule has 0 fully saturated rings. The Hall–Kier alpha value is -3.56. The average Bonchev–Trinajstić information content (AvgIpc) is 3.24. The van der Waals surface area contributed by atoms with Crippen molar-refractivity contribution in [1.82, 2.24) is 19.5 Å². The number of fused-ring (bicyclic) bond motifs is 1. The van der Waals surface area contributed by atoms with Crippen LogP contribution in [0.5, 0.6) is 0 Å². The van der Waals surface area contributed by atoms with E-state index in [0.29, 0.717) is 33.5 Å². The Morgan fingerprint density at radius 2 is 1.76 bits per heavy atom. The second kappa shape index (κ2) is 9.00. The Bertz CT molecular complexity index is 1510. The highest BCUT2D eigenvalue weighted by Crippen LogP contribution is 2.29. The van der Waals surface area contributed by atoms with Gasteiger partial charge in [0.25, 0.3) is 5.91 Å². The van der Waals surface area contributed by atoms with Gasteiger partial charge < -0.3 is 5.32 Å². The van der Waals surface area contributed by atoms with E-state index >= 15 is 0 Å². The van der Waals surface area contributed by atoms with Gasteiger partial charge in [0.15, 0.2) is 5.65 Å². The third kappa shape index (κ3) is 4.32. The molecule has 4 rings (SSSR count). The molecular formula is C25H27N5O3S. The second-order valence-electron chi connectivity index (χ2n) is 8.43. The lowest BCUT2D eigenvalue weighted by atomic mass is 10.0. The summed E-state index contributed by atoms with van der Waals surface area (Å²) in [5, 5.41) is 7.93. The number of carbonyl (C=O) groups is 1. The molecule has 0 saturated carbocycles. The Morgan fingerprint density at radius 3 is 2.44 bits per heavy atom. The largest absolute Gasteiger partial charge is 0.322 e. The summed E-state index contributed by atoms with van der Waals surface area (Å²) in [4.78, 5) is 18.4. The summed E-state index contributed by atoms with van der Waals surface area (Å²) in [5.41, 5.74) is 4.61. The molecule has 0 aliphatic heterocycles. The molecule has 0 unspecified atom stereocenters. The molecule has 0 aliphatic carbocycles. The molecule has 9 heteroatoms.